The minimum atomic E-state index is -0.500. The van der Waals surface area contributed by atoms with Crippen LogP contribution in [0.3, 0.4) is 0 Å². The van der Waals surface area contributed by atoms with Gasteiger partial charge in [0.05, 0.1) is 0 Å². The average Bonchev–Trinajstić information content (AvgIpc) is 3.48. The van der Waals surface area contributed by atoms with Gasteiger partial charge in [-0.2, -0.15) is 0 Å². The molecule has 0 spiro atoms. The second kappa shape index (κ2) is 8.37. The number of furan rings is 1. The number of hydrogen-bond donors (Lipinski definition) is 0. The molecule has 1 nitrogen and oxygen atoms in total. The van der Waals surface area contributed by atoms with Gasteiger partial charge in [-0.25, -0.2) is 0 Å². The first-order chi connectivity index (χ1) is 15.7. The molecule has 1 aromatic heterocycles. The van der Waals surface area contributed by atoms with Crippen molar-refractivity contribution in [1.82, 2.24) is 0 Å². The fraction of sp³-hybridized carbons (Fsp3) is 0.333. The van der Waals surface area contributed by atoms with Crippen LogP contribution in [0.25, 0.3) is 21.9 Å². The molecule has 33 heavy (non-hydrogen) atoms. The highest BCUT2D eigenvalue weighted by atomic mass is 31.1. The van der Waals surface area contributed by atoms with Gasteiger partial charge in [-0.1, -0.05) is 134 Å². The Hall–Kier alpha value is -1.94. The van der Waals surface area contributed by atoms with Crippen LogP contribution in [0.1, 0.15) is 41.5 Å². The number of fused-ring (bicyclic) bond motifs is 3. The highest BCUT2D eigenvalue weighted by Gasteiger charge is 2.38. The number of allylic oxidation sites excluding steroid dienone is 8. The zero-order chi connectivity index (χ0) is 23.4. The molecule has 3 heteroatoms. The maximum absolute atomic E-state index is 6.92. The van der Waals surface area contributed by atoms with E-state index in [1.807, 2.05) is 0 Å². The average molecular weight is 473 g/mol. The highest BCUT2D eigenvalue weighted by Crippen LogP contribution is 2.59. The zero-order valence-corrected chi connectivity index (χ0v) is 22.3. The van der Waals surface area contributed by atoms with Gasteiger partial charge in [-0.05, 0) is 18.2 Å². The lowest BCUT2D eigenvalue weighted by molar-refractivity contribution is 0.671. The number of benzene rings is 2. The summed E-state index contributed by atoms with van der Waals surface area (Å²) in [5, 5.41) is 5.67. The van der Waals surface area contributed by atoms with Crippen molar-refractivity contribution in [3.05, 3.63) is 85.0 Å². The van der Waals surface area contributed by atoms with Gasteiger partial charge in [-0.3, -0.25) is 0 Å². The first kappa shape index (κ1) is 22.8. The van der Waals surface area contributed by atoms with Crippen LogP contribution in [0.2, 0.25) is 0 Å². The van der Waals surface area contributed by atoms with Gasteiger partial charge in [-0.15, -0.1) is 0 Å². The van der Waals surface area contributed by atoms with Crippen molar-refractivity contribution in [2.24, 2.45) is 0 Å². The maximum Gasteiger partial charge on any atom is 0.143 e. The smallest absolute Gasteiger partial charge is 0.143 e. The van der Waals surface area contributed by atoms with Crippen LogP contribution in [-0.4, -0.2) is 21.6 Å². The van der Waals surface area contributed by atoms with Gasteiger partial charge in [0.15, 0.2) is 0 Å². The standard InChI is InChI=1S/C30H34OP2/c1-29(2,3)33(30(4,5)6)26-20-12-18-24-23-17-11-19-25(27(23)31-28(24)26)32(21-13-7-8-14-21)22-15-9-10-16-22/h7-22H,1-6H3. The van der Waals surface area contributed by atoms with Crippen LogP contribution >= 0.6 is 15.8 Å². The van der Waals surface area contributed by atoms with Crippen LogP contribution in [-0.2, 0) is 0 Å². The van der Waals surface area contributed by atoms with Crippen LogP contribution < -0.4 is 10.6 Å². The molecular weight excluding hydrogens is 438 g/mol. The van der Waals surface area contributed by atoms with Crippen LogP contribution in [0.4, 0.5) is 0 Å². The van der Waals surface area contributed by atoms with Gasteiger partial charge in [0.2, 0.25) is 0 Å². The first-order valence-corrected chi connectivity index (χ1v) is 14.7. The normalized spacial score (nSPS) is 17.2. The van der Waals surface area contributed by atoms with Crippen molar-refractivity contribution in [3.8, 4) is 0 Å². The summed E-state index contributed by atoms with van der Waals surface area (Å²) in [6.45, 7) is 14.3. The lowest BCUT2D eigenvalue weighted by Crippen LogP contribution is -2.31. The fourth-order valence-corrected chi connectivity index (χ4v) is 12.5. The van der Waals surface area contributed by atoms with E-state index < -0.39 is 15.8 Å². The molecule has 0 saturated carbocycles. The maximum atomic E-state index is 6.92. The van der Waals surface area contributed by atoms with Gasteiger partial charge >= 0.3 is 0 Å². The van der Waals surface area contributed by atoms with Crippen molar-refractivity contribution in [3.63, 3.8) is 0 Å². The zero-order valence-electron chi connectivity index (χ0n) is 20.5. The van der Waals surface area contributed by atoms with Crippen LogP contribution in [0, 0.1) is 0 Å². The number of hydrogen-bond acceptors (Lipinski definition) is 1. The summed E-state index contributed by atoms with van der Waals surface area (Å²) in [5.41, 5.74) is 3.07. The van der Waals surface area contributed by atoms with E-state index in [1.165, 1.54) is 21.4 Å². The van der Waals surface area contributed by atoms with Crippen molar-refractivity contribution < 1.29 is 4.42 Å². The second-order valence-electron chi connectivity index (χ2n) is 11.0. The fourth-order valence-electron chi connectivity index (χ4n) is 5.63. The van der Waals surface area contributed by atoms with Crippen molar-refractivity contribution >= 4 is 48.4 Å². The third-order valence-corrected chi connectivity index (χ3v) is 12.8. The molecule has 2 aliphatic carbocycles. The molecule has 2 aliphatic rings. The van der Waals surface area contributed by atoms with E-state index in [2.05, 4.69) is 127 Å². The third kappa shape index (κ3) is 4.09. The summed E-state index contributed by atoms with van der Waals surface area (Å²) in [6.07, 6.45) is 18.2. The molecule has 0 fully saturated rings. The third-order valence-electron chi connectivity index (χ3n) is 6.44. The monoisotopic (exact) mass is 472 g/mol. The Balaban J connectivity index is 1.76. The van der Waals surface area contributed by atoms with Gasteiger partial charge < -0.3 is 4.42 Å². The molecule has 3 aromatic rings. The summed E-state index contributed by atoms with van der Waals surface area (Å²) in [4.78, 5) is 0. The van der Waals surface area contributed by atoms with E-state index in [0.717, 1.165) is 11.2 Å². The molecule has 0 amide bonds. The summed E-state index contributed by atoms with van der Waals surface area (Å²) < 4.78 is 6.92. The Bertz CT molecular complexity index is 1240. The van der Waals surface area contributed by atoms with Gasteiger partial charge in [0, 0.05) is 32.7 Å². The predicted molar refractivity (Wildman–Crippen MR) is 150 cm³/mol. The van der Waals surface area contributed by atoms with Gasteiger partial charge in [0.1, 0.15) is 11.2 Å². The number of rotatable bonds is 4. The molecule has 2 aromatic carbocycles. The number of para-hydroxylation sites is 2. The minimum Gasteiger partial charge on any atom is -0.455 e. The molecule has 0 atom stereocenters. The van der Waals surface area contributed by atoms with E-state index in [-0.39, 0.29) is 10.3 Å². The molecule has 0 aliphatic heterocycles. The molecule has 0 bridgehead atoms. The van der Waals surface area contributed by atoms with Crippen molar-refractivity contribution in [2.45, 2.75) is 63.2 Å². The Kier molecular flexibility index (Phi) is 5.79. The van der Waals surface area contributed by atoms with Crippen molar-refractivity contribution in [1.29, 1.82) is 0 Å². The molecule has 0 unspecified atom stereocenters. The summed E-state index contributed by atoms with van der Waals surface area (Å²) in [5.74, 6) is 0. The summed E-state index contributed by atoms with van der Waals surface area (Å²) >= 11 is 0. The minimum absolute atomic E-state index is 0.190. The van der Waals surface area contributed by atoms with Crippen LogP contribution in [0.15, 0.2) is 89.4 Å². The molecule has 0 saturated heterocycles. The summed E-state index contributed by atoms with van der Waals surface area (Å²) in [7, 11) is -0.950. The molecule has 1 heterocycles. The summed E-state index contributed by atoms with van der Waals surface area (Å²) in [6, 6.07) is 13.6. The molecule has 0 N–H and O–H groups in total. The van der Waals surface area contributed by atoms with E-state index in [4.69, 9.17) is 4.42 Å². The van der Waals surface area contributed by atoms with E-state index in [0.29, 0.717) is 11.3 Å². The van der Waals surface area contributed by atoms with E-state index in [9.17, 15) is 0 Å². The first-order valence-electron chi connectivity index (χ1n) is 11.9. The Morgan fingerprint density at radius 1 is 0.606 bits per heavy atom. The highest BCUT2D eigenvalue weighted by molar-refractivity contribution is 7.69. The molecule has 0 radical (unpaired) electrons. The Labute approximate surface area is 200 Å². The Morgan fingerprint density at radius 2 is 1.03 bits per heavy atom. The lowest BCUT2D eigenvalue weighted by atomic mass is 10.1. The van der Waals surface area contributed by atoms with Crippen LogP contribution in [0.5, 0.6) is 0 Å². The lowest BCUT2D eigenvalue weighted by Gasteiger charge is -2.41. The predicted octanol–water partition coefficient (Wildman–Crippen LogP) is 8.39. The second-order valence-corrected chi connectivity index (χ2v) is 17.3. The topological polar surface area (TPSA) is 13.1 Å². The molecule has 5 rings (SSSR count). The Morgan fingerprint density at radius 3 is 1.48 bits per heavy atom. The van der Waals surface area contributed by atoms with E-state index >= 15 is 0 Å². The van der Waals surface area contributed by atoms with E-state index in [1.54, 1.807) is 0 Å². The van der Waals surface area contributed by atoms with Crippen molar-refractivity contribution in [2.75, 3.05) is 0 Å². The van der Waals surface area contributed by atoms with Gasteiger partial charge in [0.25, 0.3) is 0 Å². The molecule has 170 valence electrons. The largest absolute Gasteiger partial charge is 0.455 e. The SMILES string of the molecule is CC(C)(C)P(c1cccc2c1oc1c(P(C3C=CC=C3)C3C=CC=C3)cccc12)C(C)(C)C. The quantitative estimate of drug-likeness (QED) is 0.348. The molecular formula is C30H34OP2.